The quantitative estimate of drug-likeness (QED) is 0.759. The molecule has 2 aromatic rings. The molecule has 2 rings (SSSR count). The lowest BCUT2D eigenvalue weighted by atomic mass is 10.1. The molecule has 0 fully saturated rings. The fourth-order valence-corrected chi connectivity index (χ4v) is 1.90. The van der Waals surface area contributed by atoms with E-state index in [-0.39, 0.29) is 12.2 Å². The van der Waals surface area contributed by atoms with Crippen LogP contribution >= 0.6 is 11.3 Å². The molecule has 0 aromatic carbocycles. The first-order valence-corrected chi connectivity index (χ1v) is 5.66. The van der Waals surface area contributed by atoms with Crippen LogP contribution in [0.2, 0.25) is 0 Å². The standard InChI is InChI=1S/C11H10N2O2S/c1-15-11-3-2-9(12-13-11)6-10(14)8-4-5-16-7-8/h2-5,7H,6H2,1H3. The van der Waals surface area contributed by atoms with E-state index in [0.717, 1.165) is 5.56 Å². The third-order valence-corrected chi connectivity index (χ3v) is 2.77. The Labute approximate surface area is 96.9 Å². The van der Waals surface area contributed by atoms with E-state index in [2.05, 4.69) is 10.2 Å². The van der Waals surface area contributed by atoms with Crippen molar-refractivity contribution < 1.29 is 9.53 Å². The maximum absolute atomic E-state index is 11.7. The summed E-state index contributed by atoms with van der Waals surface area (Å²) in [6.07, 6.45) is 0.272. The van der Waals surface area contributed by atoms with Crippen molar-refractivity contribution in [3.63, 3.8) is 0 Å². The van der Waals surface area contributed by atoms with Crippen LogP contribution in [0.5, 0.6) is 5.88 Å². The number of nitrogens with zero attached hydrogens (tertiary/aromatic N) is 2. The first-order chi connectivity index (χ1) is 7.79. The predicted molar refractivity (Wildman–Crippen MR) is 60.9 cm³/mol. The smallest absolute Gasteiger partial charge is 0.233 e. The molecule has 82 valence electrons. The zero-order valence-corrected chi connectivity index (χ0v) is 9.53. The first kappa shape index (κ1) is 10.8. The molecule has 0 atom stereocenters. The van der Waals surface area contributed by atoms with Crippen molar-refractivity contribution in [2.24, 2.45) is 0 Å². The molecular weight excluding hydrogens is 224 g/mol. The van der Waals surface area contributed by atoms with Gasteiger partial charge in [0.15, 0.2) is 5.78 Å². The van der Waals surface area contributed by atoms with Crippen LogP contribution in [0.15, 0.2) is 29.0 Å². The third-order valence-electron chi connectivity index (χ3n) is 2.09. The molecule has 0 bridgehead atoms. The van der Waals surface area contributed by atoms with Gasteiger partial charge in [0, 0.05) is 17.0 Å². The summed E-state index contributed by atoms with van der Waals surface area (Å²) in [5.74, 6) is 0.507. The molecule has 0 radical (unpaired) electrons. The summed E-state index contributed by atoms with van der Waals surface area (Å²) in [5.41, 5.74) is 1.37. The Bertz CT molecular complexity index is 465. The normalized spacial score (nSPS) is 10.1. The number of hydrogen-bond donors (Lipinski definition) is 0. The molecule has 0 aliphatic heterocycles. The summed E-state index contributed by atoms with van der Waals surface area (Å²) in [6, 6.07) is 5.25. The number of hydrogen-bond acceptors (Lipinski definition) is 5. The summed E-state index contributed by atoms with van der Waals surface area (Å²) in [4.78, 5) is 11.7. The summed E-state index contributed by atoms with van der Waals surface area (Å²) in [5, 5.41) is 11.4. The number of rotatable bonds is 4. The summed E-state index contributed by atoms with van der Waals surface area (Å²) >= 11 is 1.51. The highest BCUT2D eigenvalue weighted by atomic mass is 32.1. The number of ketones is 1. The van der Waals surface area contributed by atoms with Crippen LogP contribution in [0.3, 0.4) is 0 Å². The molecule has 5 heteroatoms. The maximum atomic E-state index is 11.7. The van der Waals surface area contributed by atoms with Gasteiger partial charge in [-0.25, -0.2) is 0 Å². The van der Waals surface area contributed by atoms with E-state index in [1.54, 1.807) is 12.1 Å². The minimum absolute atomic E-state index is 0.0562. The van der Waals surface area contributed by atoms with Crippen molar-refractivity contribution in [1.29, 1.82) is 0 Å². The fraction of sp³-hybridized carbons (Fsp3) is 0.182. The van der Waals surface area contributed by atoms with Gasteiger partial charge in [-0.3, -0.25) is 4.79 Å². The maximum Gasteiger partial charge on any atom is 0.233 e. The summed E-state index contributed by atoms with van der Waals surface area (Å²) < 4.78 is 4.89. The predicted octanol–water partition coefficient (Wildman–Crippen LogP) is 1.97. The Kier molecular flexibility index (Phi) is 3.26. The highest BCUT2D eigenvalue weighted by molar-refractivity contribution is 7.08. The van der Waals surface area contributed by atoms with Crippen molar-refractivity contribution in [1.82, 2.24) is 10.2 Å². The van der Waals surface area contributed by atoms with Gasteiger partial charge >= 0.3 is 0 Å². The second-order valence-corrected chi connectivity index (χ2v) is 3.96. The third kappa shape index (κ3) is 2.43. The Balaban J connectivity index is 2.06. The van der Waals surface area contributed by atoms with Gasteiger partial charge in [0.25, 0.3) is 0 Å². The van der Waals surface area contributed by atoms with Gasteiger partial charge in [0.2, 0.25) is 5.88 Å². The molecule has 0 saturated heterocycles. The molecule has 0 amide bonds. The second kappa shape index (κ2) is 4.85. The van der Waals surface area contributed by atoms with Crippen molar-refractivity contribution in [2.75, 3.05) is 7.11 Å². The average molecular weight is 234 g/mol. The van der Waals surface area contributed by atoms with Gasteiger partial charge in [-0.2, -0.15) is 16.4 Å². The molecule has 0 spiro atoms. The lowest BCUT2D eigenvalue weighted by Gasteiger charge is -1.99. The van der Waals surface area contributed by atoms with Gasteiger partial charge in [-0.15, -0.1) is 5.10 Å². The molecule has 0 aliphatic rings. The zero-order chi connectivity index (χ0) is 11.4. The highest BCUT2D eigenvalue weighted by Gasteiger charge is 2.08. The Morgan fingerprint density at radius 2 is 2.25 bits per heavy atom. The number of Topliss-reactive ketones (excluding diaryl/α,β-unsaturated/α-hetero) is 1. The van der Waals surface area contributed by atoms with Crippen LogP contribution in [0.25, 0.3) is 0 Å². The first-order valence-electron chi connectivity index (χ1n) is 4.71. The van der Waals surface area contributed by atoms with Gasteiger partial charge < -0.3 is 4.74 Å². The van der Waals surface area contributed by atoms with Crippen molar-refractivity contribution in [3.8, 4) is 5.88 Å². The molecule has 16 heavy (non-hydrogen) atoms. The van der Waals surface area contributed by atoms with Gasteiger partial charge in [-0.05, 0) is 17.5 Å². The van der Waals surface area contributed by atoms with E-state index in [0.29, 0.717) is 11.6 Å². The van der Waals surface area contributed by atoms with Gasteiger partial charge in [-0.1, -0.05) is 0 Å². The topological polar surface area (TPSA) is 52.1 Å². The lowest BCUT2D eigenvalue weighted by molar-refractivity contribution is 0.0992. The van der Waals surface area contributed by atoms with Crippen molar-refractivity contribution in [3.05, 3.63) is 40.2 Å². The summed E-state index contributed by atoms with van der Waals surface area (Å²) in [7, 11) is 1.53. The lowest BCUT2D eigenvalue weighted by Crippen LogP contribution is -2.05. The van der Waals surface area contributed by atoms with E-state index < -0.39 is 0 Å². The Morgan fingerprint density at radius 3 is 2.81 bits per heavy atom. The second-order valence-electron chi connectivity index (χ2n) is 3.18. The van der Waals surface area contributed by atoms with E-state index in [4.69, 9.17) is 4.74 Å². The molecule has 0 aliphatic carbocycles. The van der Waals surface area contributed by atoms with Crippen molar-refractivity contribution >= 4 is 17.1 Å². The van der Waals surface area contributed by atoms with Gasteiger partial charge in [0.05, 0.1) is 19.2 Å². The number of carbonyl (C=O) groups excluding carboxylic acids is 1. The molecule has 0 N–H and O–H groups in total. The largest absolute Gasteiger partial charge is 0.480 e. The van der Waals surface area contributed by atoms with Crippen molar-refractivity contribution in [2.45, 2.75) is 6.42 Å². The number of thiophene rings is 1. The van der Waals surface area contributed by atoms with Crippen LogP contribution in [-0.4, -0.2) is 23.1 Å². The monoisotopic (exact) mass is 234 g/mol. The summed E-state index contributed by atoms with van der Waals surface area (Å²) in [6.45, 7) is 0. The number of aromatic nitrogens is 2. The Morgan fingerprint density at radius 1 is 1.38 bits per heavy atom. The van der Waals surface area contributed by atoms with Crippen LogP contribution in [0, 0.1) is 0 Å². The van der Waals surface area contributed by atoms with Crippen LogP contribution in [0.4, 0.5) is 0 Å². The fourth-order valence-electron chi connectivity index (χ4n) is 1.24. The minimum atomic E-state index is 0.0562. The zero-order valence-electron chi connectivity index (χ0n) is 8.71. The van der Waals surface area contributed by atoms with E-state index in [1.807, 2.05) is 16.8 Å². The van der Waals surface area contributed by atoms with Gasteiger partial charge in [0.1, 0.15) is 0 Å². The number of ether oxygens (including phenoxy) is 1. The highest BCUT2D eigenvalue weighted by Crippen LogP contribution is 2.10. The average Bonchev–Trinajstić information content (AvgIpc) is 2.83. The Hall–Kier alpha value is -1.75. The minimum Gasteiger partial charge on any atom is -0.480 e. The van der Waals surface area contributed by atoms with Crippen LogP contribution in [-0.2, 0) is 6.42 Å². The molecule has 2 heterocycles. The molecule has 0 unspecified atom stereocenters. The molecule has 4 nitrogen and oxygen atoms in total. The SMILES string of the molecule is COc1ccc(CC(=O)c2ccsc2)nn1. The molecule has 2 aromatic heterocycles. The molecule has 0 saturated carbocycles. The number of methoxy groups -OCH3 is 1. The number of carbonyl (C=O) groups is 1. The van der Waals surface area contributed by atoms with E-state index >= 15 is 0 Å². The van der Waals surface area contributed by atoms with E-state index in [9.17, 15) is 4.79 Å². The van der Waals surface area contributed by atoms with Crippen LogP contribution < -0.4 is 4.74 Å². The van der Waals surface area contributed by atoms with Crippen LogP contribution in [0.1, 0.15) is 16.1 Å². The van der Waals surface area contributed by atoms with E-state index in [1.165, 1.54) is 18.4 Å². The molecular formula is C11H10N2O2S.